The lowest BCUT2D eigenvalue weighted by Gasteiger charge is -2.29. The van der Waals surface area contributed by atoms with E-state index >= 15 is 0 Å². The molecule has 4 rings (SSSR count). The molecule has 1 aromatic carbocycles. The van der Waals surface area contributed by atoms with Gasteiger partial charge in [0.2, 0.25) is 0 Å². The smallest absolute Gasteiger partial charge is 0.333 e. The van der Waals surface area contributed by atoms with Crippen LogP contribution in [0, 0.1) is 6.92 Å². The number of hydrogen-bond acceptors (Lipinski definition) is 2. The van der Waals surface area contributed by atoms with Crippen LogP contribution in [0.15, 0.2) is 36.5 Å². The van der Waals surface area contributed by atoms with Crippen LogP contribution in [0.25, 0.3) is 5.65 Å². The highest BCUT2D eigenvalue weighted by atomic mass is 35.5. The maximum atomic E-state index is 13.2. The van der Waals surface area contributed by atoms with Gasteiger partial charge in [-0.1, -0.05) is 35.9 Å². The number of imidazole rings is 1. The molecule has 8 heteroatoms. The first-order valence-electron chi connectivity index (χ1n) is 8.37. The van der Waals surface area contributed by atoms with Crippen LogP contribution in [0.5, 0.6) is 0 Å². The average molecular weight is 394 g/mol. The number of halogens is 4. The van der Waals surface area contributed by atoms with Crippen molar-refractivity contribution in [2.75, 3.05) is 6.54 Å². The number of aryl methyl sites for hydroxylation is 1. The largest absolute Gasteiger partial charge is 0.417 e. The Hall–Kier alpha value is -2.54. The van der Waals surface area contributed by atoms with Crippen molar-refractivity contribution in [1.29, 1.82) is 0 Å². The molecule has 0 aliphatic carbocycles. The van der Waals surface area contributed by atoms with Crippen molar-refractivity contribution in [3.05, 3.63) is 69.6 Å². The number of pyridine rings is 1. The van der Waals surface area contributed by atoms with Gasteiger partial charge in [0, 0.05) is 19.3 Å². The third-order valence-electron chi connectivity index (χ3n) is 4.80. The minimum atomic E-state index is -4.57. The first kappa shape index (κ1) is 17.9. The fourth-order valence-electron chi connectivity index (χ4n) is 3.45. The zero-order valence-corrected chi connectivity index (χ0v) is 15.1. The van der Waals surface area contributed by atoms with E-state index in [9.17, 15) is 18.0 Å². The van der Waals surface area contributed by atoms with Gasteiger partial charge in [0.05, 0.1) is 16.3 Å². The van der Waals surface area contributed by atoms with Crippen LogP contribution < -0.4 is 0 Å². The molecular formula is C19H15ClF3N3O. The summed E-state index contributed by atoms with van der Waals surface area (Å²) < 4.78 is 40.7. The van der Waals surface area contributed by atoms with E-state index in [1.54, 1.807) is 11.8 Å². The van der Waals surface area contributed by atoms with Crippen molar-refractivity contribution < 1.29 is 18.0 Å². The minimum Gasteiger partial charge on any atom is -0.333 e. The first-order chi connectivity index (χ1) is 12.8. The fraction of sp³-hybridized carbons (Fsp3) is 0.263. The highest BCUT2D eigenvalue weighted by Crippen LogP contribution is 2.33. The van der Waals surface area contributed by atoms with E-state index in [-0.39, 0.29) is 22.3 Å². The van der Waals surface area contributed by atoms with Gasteiger partial charge in [0.25, 0.3) is 5.91 Å². The molecule has 0 saturated heterocycles. The molecular weight excluding hydrogens is 379 g/mol. The summed E-state index contributed by atoms with van der Waals surface area (Å²) in [5.74, 6) is -0.357. The number of alkyl halides is 3. The maximum Gasteiger partial charge on any atom is 0.417 e. The highest BCUT2D eigenvalue weighted by molar-refractivity contribution is 6.33. The number of fused-ring (bicyclic) bond motifs is 2. The zero-order valence-electron chi connectivity index (χ0n) is 14.3. The van der Waals surface area contributed by atoms with E-state index in [0.29, 0.717) is 25.2 Å². The third-order valence-corrected chi connectivity index (χ3v) is 5.08. The van der Waals surface area contributed by atoms with Crippen LogP contribution in [0.2, 0.25) is 5.02 Å². The van der Waals surface area contributed by atoms with E-state index in [4.69, 9.17) is 11.6 Å². The molecule has 27 heavy (non-hydrogen) atoms. The average Bonchev–Trinajstić information content (AvgIpc) is 2.96. The quantitative estimate of drug-likeness (QED) is 0.610. The Morgan fingerprint density at radius 1 is 1.22 bits per heavy atom. The summed E-state index contributed by atoms with van der Waals surface area (Å²) in [5.41, 5.74) is 1.90. The number of aromatic nitrogens is 2. The van der Waals surface area contributed by atoms with Crippen LogP contribution in [-0.2, 0) is 19.1 Å². The Kier molecular flexibility index (Phi) is 4.14. The van der Waals surface area contributed by atoms with Crippen LogP contribution in [0.3, 0.4) is 0 Å². The van der Waals surface area contributed by atoms with Gasteiger partial charge in [-0.15, -0.1) is 0 Å². The van der Waals surface area contributed by atoms with E-state index in [2.05, 4.69) is 4.98 Å². The molecule has 0 spiro atoms. The molecule has 2 aromatic heterocycles. The van der Waals surface area contributed by atoms with E-state index < -0.39 is 11.7 Å². The van der Waals surface area contributed by atoms with Gasteiger partial charge in [-0.3, -0.25) is 9.20 Å². The number of benzene rings is 1. The summed E-state index contributed by atoms with van der Waals surface area (Å²) in [6.07, 6.45) is -2.99. The SMILES string of the molecule is Cc1nc2c(Cl)cc(C(F)(F)F)cn2c1C(=O)N1CCc2ccccc2C1. The lowest BCUT2D eigenvalue weighted by atomic mass is 9.99. The van der Waals surface area contributed by atoms with Crippen molar-refractivity contribution >= 4 is 23.2 Å². The summed E-state index contributed by atoms with van der Waals surface area (Å²) >= 11 is 6.00. The Morgan fingerprint density at radius 3 is 2.63 bits per heavy atom. The summed E-state index contributed by atoms with van der Waals surface area (Å²) in [6, 6.07) is 8.66. The predicted octanol–water partition coefficient (Wildman–Crippen LogP) is 4.51. The summed E-state index contributed by atoms with van der Waals surface area (Å²) in [7, 11) is 0. The second-order valence-electron chi connectivity index (χ2n) is 6.56. The number of hydrogen-bond donors (Lipinski definition) is 0. The molecule has 0 bridgehead atoms. The molecule has 0 N–H and O–H groups in total. The van der Waals surface area contributed by atoms with Crippen molar-refractivity contribution in [2.45, 2.75) is 26.1 Å². The van der Waals surface area contributed by atoms with Gasteiger partial charge in [-0.25, -0.2) is 4.98 Å². The van der Waals surface area contributed by atoms with Crippen LogP contribution in [0.4, 0.5) is 13.2 Å². The molecule has 0 atom stereocenters. The molecule has 0 radical (unpaired) electrons. The second-order valence-corrected chi connectivity index (χ2v) is 6.97. The molecule has 0 unspecified atom stereocenters. The molecule has 1 aliphatic heterocycles. The molecule has 4 nitrogen and oxygen atoms in total. The predicted molar refractivity (Wildman–Crippen MR) is 94.8 cm³/mol. The monoisotopic (exact) mass is 393 g/mol. The normalized spacial score (nSPS) is 14.5. The number of carbonyl (C=O) groups is 1. The van der Waals surface area contributed by atoms with Crippen molar-refractivity contribution in [3.8, 4) is 0 Å². The van der Waals surface area contributed by atoms with Crippen molar-refractivity contribution in [1.82, 2.24) is 14.3 Å². The highest BCUT2D eigenvalue weighted by Gasteiger charge is 2.33. The first-order valence-corrected chi connectivity index (χ1v) is 8.75. The van der Waals surface area contributed by atoms with Crippen molar-refractivity contribution in [3.63, 3.8) is 0 Å². The molecule has 3 aromatic rings. The van der Waals surface area contributed by atoms with Crippen molar-refractivity contribution in [2.24, 2.45) is 0 Å². The number of carbonyl (C=O) groups excluding carboxylic acids is 1. The number of amides is 1. The Morgan fingerprint density at radius 2 is 1.93 bits per heavy atom. The maximum absolute atomic E-state index is 13.2. The molecule has 1 aliphatic rings. The minimum absolute atomic E-state index is 0.109. The lowest BCUT2D eigenvalue weighted by molar-refractivity contribution is -0.137. The topological polar surface area (TPSA) is 37.6 Å². The molecule has 0 fully saturated rings. The summed E-state index contributed by atoms with van der Waals surface area (Å²) in [6.45, 7) is 2.51. The summed E-state index contributed by atoms with van der Waals surface area (Å²) in [5, 5.41) is -0.143. The standard InChI is InChI=1S/C19H15ClF3N3O/c1-11-16(18(27)25-7-6-12-4-2-3-5-13(12)9-25)26-10-14(19(21,22)23)8-15(20)17(26)24-11/h2-5,8,10H,6-7,9H2,1H3. The Bertz CT molecular complexity index is 1060. The van der Waals surface area contributed by atoms with E-state index in [0.717, 1.165) is 22.2 Å². The third kappa shape index (κ3) is 3.06. The Labute approximate surface area is 158 Å². The molecule has 1 amide bonds. The Balaban J connectivity index is 1.78. The van der Waals surface area contributed by atoms with Crippen LogP contribution >= 0.6 is 11.6 Å². The lowest BCUT2D eigenvalue weighted by Crippen LogP contribution is -2.36. The van der Waals surface area contributed by atoms with Gasteiger partial charge >= 0.3 is 6.18 Å². The van der Waals surface area contributed by atoms with E-state index in [1.807, 2.05) is 24.3 Å². The summed E-state index contributed by atoms with van der Waals surface area (Å²) in [4.78, 5) is 19.0. The molecule has 140 valence electrons. The number of nitrogens with zero attached hydrogens (tertiary/aromatic N) is 3. The van der Waals surface area contributed by atoms with Crippen LogP contribution in [0.1, 0.15) is 32.9 Å². The van der Waals surface area contributed by atoms with Gasteiger partial charge in [-0.2, -0.15) is 13.2 Å². The van der Waals surface area contributed by atoms with Gasteiger partial charge in [0.1, 0.15) is 5.69 Å². The van der Waals surface area contributed by atoms with Gasteiger partial charge < -0.3 is 4.90 Å². The zero-order chi connectivity index (χ0) is 19.3. The molecule has 3 heterocycles. The fourth-order valence-corrected chi connectivity index (χ4v) is 3.70. The van der Waals surface area contributed by atoms with Gasteiger partial charge in [-0.05, 0) is 30.5 Å². The van der Waals surface area contributed by atoms with E-state index in [1.165, 1.54) is 5.56 Å². The van der Waals surface area contributed by atoms with Crippen LogP contribution in [-0.4, -0.2) is 26.7 Å². The van der Waals surface area contributed by atoms with Gasteiger partial charge in [0.15, 0.2) is 5.65 Å². The number of rotatable bonds is 1. The second kappa shape index (κ2) is 6.27. The molecule has 0 saturated carbocycles.